The fraction of sp³-hybridized carbons (Fsp3) is 0.429. The van der Waals surface area contributed by atoms with Crippen molar-refractivity contribution in [2.24, 2.45) is 5.73 Å². The van der Waals surface area contributed by atoms with Crippen LogP contribution in [0.2, 0.25) is 5.02 Å². The number of aliphatic hydroxyl groups excluding tert-OH is 1. The number of aromatic nitrogens is 2. The quantitative estimate of drug-likeness (QED) is 0.884. The van der Waals surface area contributed by atoms with Crippen molar-refractivity contribution in [2.45, 2.75) is 38.0 Å². The highest BCUT2D eigenvalue weighted by atomic mass is 35.5. The van der Waals surface area contributed by atoms with Crippen LogP contribution in [-0.4, -0.2) is 20.8 Å². The summed E-state index contributed by atoms with van der Waals surface area (Å²) >= 11 is 6.13. The minimum atomic E-state index is -0.358. The van der Waals surface area contributed by atoms with Crippen LogP contribution in [0.25, 0.3) is 10.9 Å². The average Bonchev–Trinajstić information content (AvgIpc) is 2.35. The Morgan fingerprint density at radius 2 is 2.20 bits per heavy atom. The molecule has 106 valence electrons. The van der Waals surface area contributed by atoms with Gasteiger partial charge in [-0.05, 0) is 31.9 Å². The van der Waals surface area contributed by atoms with Gasteiger partial charge in [0.15, 0.2) is 0 Å². The number of rotatable bonds is 2. The van der Waals surface area contributed by atoms with Crippen molar-refractivity contribution in [2.75, 3.05) is 0 Å². The second kappa shape index (κ2) is 4.84. The third kappa shape index (κ3) is 2.02. The summed E-state index contributed by atoms with van der Waals surface area (Å²) in [4.78, 5) is 17.2. The topological polar surface area (TPSA) is 81.1 Å². The highest BCUT2D eigenvalue weighted by molar-refractivity contribution is 6.35. The van der Waals surface area contributed by atoms with Crippen molar-refractivity contribution in [3.63, 3.8) is 0 Å². The Hall–Kier alpha value is -1.43. The van der Waals surface area contributed by atoms with Gasteiger partial charge in [-0.1, -0.05) is 17.7 Å². The normalized spacial score (nSPS) is 23.6. The summed E-state index contributed by atoms with van der Waals surface area (Å²) in [6, 6.07) is 4.79. The first kappa shape index (κ1) is 13.5. The monoisotopic (exact) mass is 293 g/mol. The fourth-order valence-electron chi connectivity index (χ4n) is 2.66. The Balaban J connectivity index is 2.30. The molecule has 1 atom stereocenters. The maximum absolute atomic E-state index is 12.7. The summed E-state index contributed by atoms with van der Waals surface area (Å²) in [6.45, 7) is 1.80. The smallest absolute Gasteiger partial charge is 0.263 e. The van der Waals surface area contributed by atoms with Gasteiger partial charge in [0, 0.05) is 6.04 Å². The van der Waals surface area contributed by atoms with Crippen LogP contribution in [0.1, 0.15) is 37.7 Å². The van der Waals surface area contributed by atoms with Gasteiger partial charge in [-0.3, -0.25) is 9.36 Å². The average molecular weight is 294 g/mol. The number of fused-ring (bicyclic) bond motifs is 1. The van der Waals surface area contributed by atoms with Gasteiger partial charge in [-0.15, -0.1) is 0 Å². The summed E-state index contributed by atoms with van der Waals surface area (Å²) < 4.78 is 1.60. The summed E-state index contributed by atoms with van der Waals surface area (Å²) in [5.41, 5.74) is 6.33. The van der Waals surface area contributed by atoms with E-state index in [4.69, 9.17) is 17.3 Å². The largest absolute Gasteiger partial charge is 0.393 e. The van der Waals surface area contributed by atoms with E-state index < -0.39 is 0 Å². The standard InChI is InChI=1S/C14H16ClN3O2/c1-7(16)13-17-11-4-2-3-10(15)12(11)14(20)18(13)8-5-9(19)6-8/h2-4,7-9,19H,5-6,16H2,1H3/t7-,8?,9?/m0/s1. The Morgan fingerprint density at radius 3 is 2.80 bits per heavy atom. The van der Waals surface area contributed by atoms with E-state index in [9.17, 15) is 9.90 Å². The summed E-state index contributed by atoms with van der Waals surface area (Å²) in [7, 11) is 0. The Kier molecular flexibility index (Phi) is 3.28. The second-order valence-corrected chi connectivity index (χ2v) is 5.75. The molecule has 1 heterocycles. The van der Waals surface area contributed by atoms with Crippen molar-refractivity contribution in [3.8, 4) is 0 Å². The highest BCUT2D eigenvalue weighted by Crippen LogP contribution is 2.33. The van der Waals surface area contributed by atoms with Crippen molar-refractivity contribution < 1.29 is 5.11 Å². The van der Waals surface area contributed by atoms with Gasteiger partial charge in [-0.25, -0.2) is 4.98 Å². The second-order valence-electron chi connectivity index (χ2n) is 5.35. The van der Waals surface area contributed by atoms with Crippen LogP contribution >= 0.6 is 11.6 Å². The predicted octanol–water partition coefficient (Wildman–Crippen LogP) is 1.77. The minimum absolute atomic E-state index is 0.0494. The van der Waals surface area contributed by atoms with E-state index in [1.807, 2.05) is 0 Å². The first-order valence-corrected chi connectivity index (χ1v) is 7.01. The number of benzene rings is 1. The van der Waals surface area contributed by atoms with Gasteiger partial charge in [0.1, 0.15) is 5.82 Å². The maximum atomic E-state index is 12.7. The molecular formula is C14H16ClN3O2. The van der Waals surface area contributed by atoms with Crippen LogP contribution in [0.15, 0.2) is 23.0 Å². The third-order valence-corrected chi connectivity index (χ3v) is 4.08. The summed E-state index contributed by atoms with van der Waals surface area (Å²) in [5, 5.41) is 10.3. The number of aliphatic hydroxyl groups is 1. The number of hydrogen-bond acceptors (Lipinski definition) is 4. The summed E-state index contributed by atoms with van der Waals surface area (Å²) in [6.07, 6.45) is 0.754. The molecule has 0 spiro atoms. The highest BCUT2D eigenvalue weighted by Gasteiger charge is 2.32. The molecule has 0 radical (unpaired) electrons. The lowest BCUT2D eigenvalue weighted by atomic mass is 9.89. The molecular weight excluding hydrogens is 278 g/mol. The number of hydrogen-bond donors (Lipinski definition) is 2. The molecule has 1 fully saturated rings. The minimum Gasteiger partial charge on any atom is -0.393 e. The third-order valence-electron chi connectivity index (χ3n) is 3.77. The molecule has 0 aliphatic heterocycles. The molecule has 6 heteroatoms. The molecule has 1 aromatic heterocycles. The lowest BCUT2D eigenvalue weighted by Crippen LogP contribution is -2.40. The van der Waals surface area contributed by atoms with E-state index in [-0.39, 0.29) is 23.7 Å². The van der Waals surface area contributed by atoms with Gasteiger partial charge >= 0.3 is 0 Å². The molecule has 0 unspecified atom stereocenters. The van der Waals surface area contributed by atoms with Crippen LogP contribution in [0.5, 0.6) is 0 Å². The molecule has 3 rings (SSSR count). The van der Waals surface area contributed by atoms with E-state index >= 15 is 0 Å². The molecule has 2 aromatic rings. The van der Waals surface area contributed by atoms with E-state index in [0.717, 1.165) is 0 Å². The first-order valence-electron chi connectivity index (χ1n) is 6.63. The lowest BCUT2D eigenvalue weighted by Gasteiger charge is -2.34. The first-order chi connectivity index (χ1) is 9.49. The van der Waals surface area contributed by atoms with Crippen LogP contribution in [0, 0.1) is 0 Å². The Bertz CT molecular complexity index is 720. The van der Waals surface area contributed by atoms with E-state index in [2.05, 4.69) is 4.98 Å². The number of nitrogens with two attached hydrogens (primary N) is 1. The molecule has 1 saturated carbocycles. The van der Waals surface area contributed by atoms with Gasteiger partial charge in [0.05, 0.1) is 28.1 Å². The van der Waals surface area contributed by atoms with Crippen molar-refractivity contribution >= 4 is 22.5 Å². The summed E-state index contributed by atoms with van der Waals surface area (Å²) in [5.74, 6) is 0.543. The van der Waals surface area contributed by atoms with Crippen LogP contribution in [-0.2, 0) is 0 Å². The zero-order chi connectivity index (χ0) is 14.4. The fourth-order valence-corrected chi connectivity index (χ4v) is 2.91. The van der Waals surface area contributed by atoms with E-state index in [1.54, 1.807) is 29.7 Å². The molecule has 1 aliphatic rings. The molecule has 3 N–H and O–H groups in total. The number of halogens is 1. The van der Waals surface area contributed by atoms with Crippen molar-refractivity contribution in [1.82, 2.24) is 9.55 Å². The molecule has 0 saturated heterocycles. The van der Waals surface area contributed by atoms with Gasteiger partial charge in [0.2, 0.25) is 0 Å². The van der Waals surface area contributed by atoms with Gasteiger partial charge < -0.3 is 10.8 Å². The molecule has 0 amide bonds. The van der Waals surface area contributed by atoms with Gasteiger partial charge in [0.25, 0.3) is 5.56 Å². The van der Waals surface area contributed by atoms with Crippen LogP contribution in [0.4, 0.5) is 0 Å². The predicted molar refractivity (Wildman–Crippen MR) is 77.9 cm³/mol. The van der Waals surface area contributed by atoms with Crippen LogP contribution < -0.4 is 11.3 Å². The molecule has 1 aliphatic carbocycles. The van der Waals surface area contributed by atoms with E-state index in [1.165, 1.54) is 0 Å². The Labute approximate surface area is 121 Å². The van der Waals surface area contributed by atoms with Crippen molar-refractivity contribution in [1.29, 1.82) is 0 Å². The number of nitrogens with zero attached hydrogens (tertiary/aromatic N) is 2. The SMILES string of the molecule is C[C@H](N)c1nc2cccc(Cl)c2c(=O)n1C1CC(O)C1. The lowest BCUT2D eigenvalue weighted by molar-refractivity contribution is 0.0453. The zero-order valence-corrected chi connectivity index (χ0v) is 11.8. The molecule has 1 aromatic carbocycles. The molecule has 20 heavy (non-hydrogen) atoms. The Morgan fingerprint density at radius 1 is 1.50 bits per heavy atom. The van der Waals surface area contributed by atoms with E-state index in [0.29, 0.717) is 34.6 Å². The zero-order valence-electron chi connectivity index (χ0n) is 11.1. The molecule has 5 nitrogen and oxygen atoms in total. The van der Waals surface area contributed by atoms with Crippen LogP contribution in [0.3, 0.4) is 0 Å². The maximum Gasteiger partial charge on any atom is 0.263 e. The molecule has 0 bridgehead atoms. The van der Waals surface area contributed by atoms with Gasteiger partial charge in [-0.2, -0.15) is 0 Å². The van der Waals surface area contributed by atoms with Crippen molar-refractivity contribution in [3.05, 3.63) is 39.4 Å².